The fourth-order valence-electron chi connectivity index (χ4n) is 8.10. The summed E-state index contributed by atoms with van der Waals surface area (Å²) in [5.74, 6) is -7.34. The largest absolute Gasteiger partial charge is 0.508 e. The molecule has 1 saturated heterocycles. The molecule has 4 atom stereocenters. The van der Waals surface area contributed by atoms with Gasteiger partial charge in [0.05, 0.1) is 12.7 Å². The number of amides is 1. The maximum Gasteiger partial charge on any atom is 0.255 e. The van der Waals surface area contributed by atoms with Crippen LogP contribution in [-0.2, 0) is 32.1 Å². The number of hydrogen-bond acceptors (Lipinski definition) is 10. The number of ether oxygens (including phenoxy) is 2. The van der Waals surface area contributed by atoms with Crippen molar-refractivity contribution in [2.75, 3.05) is 20.3 Å². The molecular weight excluding hydrogens is 568 g/mol. The van der Waals surface area contributed by atoms with E-state index >= 15 is 0 Å². The average Bonchev–Trinajstić information content (AvgIpc) is 3.83. The summed E-state index contributed by atoms with van der Waals surface area (Å²) < 4.78 is 11.3. The van der Waals surface area contributed by atoms with Gasteiger partial charge in [-0.05, 0) is 62.0 Å². The van der Waals surface area contributed by atoms with E-state index in [2.05, 4.69) is 5.32 Å². The average molecular weight is 605 g/mol. The second kappa shape index (κ2) is 10.3. The second-order valence-electron chi connectivity index (χ2n) is 12.8. The van der Waals surface area contributed by atoms with E-state index in [0.717, 1.165) is 18.4 Å². The lowest BCUT2D eigenvalue weighted by Gasteiger charge is -2.51. The second-order valence-corrected chi connectivity index (χ2v) is 12.8. The lowest BCUT2D eigenvalue weighted by atomic mass is 9.53. The molecule has 5 aliphatic rings. The number of nitrogens with one attached hydrogen (secondary N) is 1. The van der Waals surface area contributed by atoms with Crippen molar-refractivity contribution in [1.82, 2.24) is 5.32 Å². The summed E-state index contributed by atoms with van der Waals surface area (Å²) in [6.45, 7) is 1.35. The van der Waals surface area contributed by atoms with Gasteiger partial charge in [-0.3, -0.25) is 14.4 Å². The maximum absolute atomic E-state index is 14.3. The number of hydrogen-bond donors (Lipinski definition) is 6. The molecule has 11 nitrogen and oxygen atoms in total. The molecule has 2 saturated carbocycles. The number of carbonyl (C=O) groups excluding carboxylic acids is 3. The van der Waals surface area contributed by atoms with Gasteiger partial charge in [-0.15, -0.1) is 0 Å². The Morgan fingerprint density at radius 2 is 1.84 bits per heavy atom. The summed E-state index contributed by atoms with van der Waals surface area (Å²) >= 11 is 0. The van der Waals surface area contributed by atoms with Crippen LogP contribution in [0.5, 0.6) is 11.5 Å². The number of primary amides is 1. The number of phenols is 1. The van der Waals surface area contributed by atoms with E-state index in [1.54, 1.807) is 0 Å². The number of rotatable bonds is 6. The number of Topliss-reactive ketones (excluding diaryl/α,β-unsaturated/α-hetero) is 2. The predicted molar refractivity (Wildman–Crippen MR) is 158 cm³/mol. The van der Waals surface area contributed by atoms with Gasteiger partial charge < -0.3 is 41.0 Å². The van der Waals surface area contributed by atoms with E-state index in [0.29, 0.717) is 60.7 Å². The Morgan fingerprint density at radius 1 is 1.11 bits per heavy atom. The molecule has 1 unspecified atom stereocenters. The Labute approximate surface area is 253 Å². The topological polar surface area (TPSA) is 189 Å². The van der Waals surface area contributed by atoms with Crippen molar-refractivity contribution >= 4 is 34.0 Å². The molecule has 2 aromatic rings. The standard InChI is InChI=1S/C33H36N2O9/c1-43-29-18-5-2-14(13-35-17-3-4-17)10-19(18)26(36)24-20(29)11-16-12-21-22(15-6-8-44-9-7-15)27(37)25(32(34)41)31(40)33(21,42)30(39)23(16)28(24)38/h2,5,10,15-17,21-22,35-36,38,40,42H,3-4,6-9,11-13H2,1H3,(H2,34,41)/t16-,21-,22?,33-/m0/s1. The molecular formula is C33H36N2O9. The van der Waals surface area contributed by atoms with Gasteiger partial charge in [-0.2, -0.15) is 0 Å². The van der Waals surface area contributed by atoms with Crippen LogP contribution in [0.3, 0.4) is 0 Å². The molecule has 2 aromatic carbocycles. The summed E-state index contributed by atoms with van der Waals surface area (Å²) in [7, 11) is 1.50. The lowest BCUT2D eigenvalue weighted by Crippen LogP contribution is -2.62. The third kappa shape index (κ3) is 4.09. The monoisotopic (exact) mass is 604 g/mol. The van der Waals surface area contributed by atoms with Crippen LogP contribution in [-0.4, -0.2) is 69.9 Å². The molecule has 1 amide bonds. The van der Waals surface area contributed by atoms with Gasteiger partial charge in [0.25, 0.3) is 5.91 Å². The van der Waals surface area contributed by atoms with Crippen LogP contribution in [0.1, 0.15) is 48.8 Å². The molecule has 11 heteroatoms. The number of phenolic OH excluding ortho intramolecular Hbond substituents is 1. The fourth-order valence-corrected chi connectivity index (χ4v) is 8.10. The minimum atomic E-state index is -2.66. The van der Waals surface area contributed by atoms with Crippen LogP contribution in [0, 0.1) is 23.7 Å². The Balaban J connectivity index is 1.39. The van der Waals surface area contributed by atoms with Crippen LogP contribution in [0.4, 0.5) is 0 Å². The van der Waals surface area contributed by atoms with Gasteiger partial charge in [0, 0.05) is 59.5 Å². The molecule has 7 rings (SSSR count). The van der Waals surface area contributed by atoms with Crippen LogP contribution in [0.15, 0.2) is 35.1 Å². The zero-order valence-corrected chi connectivity index (χ0v) is 24.4. The predicted octanol–water partition coefficient (Wildman–Crippen LogP) is 2.49. The number of fused-ring (bicyclic) bond motifs is 4. The first-order valence-corrected chi connectivity index (χ1v) is 15.2. The highest BCUT2D eigenvalue weighted by Gasteiger charge is 2.64. The molecule has 232 valence electrons. The maximum atomic E-state index is 14.3. The fraction of sp³-hybridized carbons (Fsp3) is 0.485. The number of aromatic hydroxyl groups is 1. The number of aliphatic hydroxyl groups excluding tert-OH is 2. The number of ketones is 2. The third-order valence-electron chi connectivity index (χ3n) is 10.4. The smallest absolute Gasteiger partial charge is 0.255 e. The van der Waals surface area contributed by atoms with Gasteiger partial charge in [0.2, 0.25) is 5.78 Å². The minimum absolute atomic E-state index is 0.0229. The number of nitrogens with two attached hydrogens (primary N) is 1. The summed E-state index contributed by atoms with van der Waals surface area (Å²) in [5, 5.41) is 51.1. The van der Waals surface area contributed by atoms with E-state index in [1.165, 1.54) is 7.11 Å². The van der Waals surface area contributed by atoms with Crippen molar-refractivity contribution < 1.29 is 44.3 Å². The van der Waals surface area contributed by atoms with Crippen molar-refractivity contribution in [1.29, 1.82) is 0 Å². The Morgan fingerprint density at radius 3 is 2.50 bits per heavy atom. The summed E-state index contributed by atoms with van der Waals surface area (Å²) in [5.41, 5.74) is 3.35. The van der Waals surface area contributed by atoms with Crippen LogP contribution in [0.2, 0.25) is 0 Å². The van der Waals surface area contributed by atoms with Crippen LogP contribution < -0.4 is 15.8 Å². The highest BCUT2D eigenvalue weighted by Crippen LogP contribution is 2.57. The van der Waals surface area contributed by atoms with Gasteiger partial charge in [0.1, 0.15) is 28.6 Å². The molecule has 7 N–H and O–H groups in total. The number of aliphatic hydroxyl groups is 3. The first-order valence-electron chi connectivity index (χ1n) is 15.2. The normalized spacial score (nSPS) is 29.0. The van der Waals surface area contributed by atoms with E-state index in [9.17, 15) is 34.8 Å². The first-order chi connectivity index (χ1) is 21.1. The third-order valence-corrected chi connectivity index (χ3v) is 10.4. The Kier molecular flexibility index (Phi) is 6.76. The van der Waals surface area contributed by atoms with Crippen molar-refractivity contribution in [3.05, 3.63) is 51.8 Å². The first kappa shape index (κ1) is 28.8. The molecule has 0 aromatic heterocycles. The van der Waals surface area contributed by atoms with Crippen molar-refractivity contribution in [3.63, 3.8) is 0 Å². The van der Waals surface area contributed by atoms with Crippen molar-refractivity contribution in [2.24, 2.45) is 29.4 Å². The van der Waals surface area contributed by atoms with Gasteiger partial charge in [-0.25, -0.2) is 0 Å². The van der Waals surface area contributed by atoms with E-state index in [1.807, 2.05) is 18.2 Å². The zero-order valence-electron chi connectivity index (χ0n) is 24.4. The van der Waals surface area contributed by atoms with E-state index in [-0.39, 0.29) is 35.6 Å². The molecule has 1 aliphatic heterocycles. The Bertz CT molecular complexity index is 1680. The van der Waals surface area contributed by atoms with Crippen LogP contribution >= 0.6 is 0 Å². The van der Waals surface area contributed by atoms with Crippen molar-refractivity contribution in [3.8, 4) is 11.5 Å². The summed E-state index contributed by atoms with van der Waals surface area (Å²) in [6, 6.07) is 6.13. The molecule has 0 radical (unpaired) electrons. The summed E-state index contributed by atoms with van der Waals surface area (Å²) in [6.07, 6.45) is 3.42. The van der Waals surface area contributed by atoms with E-state index in [4.69, 9.17) is 15.2 Å². The SMILES string of the molecule is COc1c2c(c(O)c3cc(CNC4CC4)ccc13)C(O)=C1C(=O)[C@]3(O)C(O)=C(C(N)=O)C(=O)C(C4CCOCC4)[C@@H]3C[C@@H]1C2. The van der Waals surface area contributed by atoms with Gasteiger partial charge in [0.15, 0.2) is 11.4 Å². The van der Waals surface area contributed by atoms with Gasteiger partial charge in [-0.1, -0.05) is 12.1 Å². The van der Waals surface area contributed by atoms with Crippen LogP contribution in [0.25, 0.3) is 16.5 Å². The number of methoxy groups -OCH3 is 1. The molecule has 0 bridgehead atoms. The number of carbonyl (C=O) groups is 3. The summed E-state index contributed by atoms with van der Waals surface area (Å²) in [4.78, 5) is 40.4. The minimum Gasteiger partial charge on any atom is -0.508 e. The highest BCUT2D eigenvalue weighted by molar-refractivity contribution is 6.23. The van der Waals surface area contributed by atoms with Crippen molar-refractivity contribution in [2.45, 2.75) is 56.7 Å². The molecule has 44 heavy (non-hydrogen) atoms. The highest BCUT2D eigenvalue weighted by atomic mass is 16.5. The number of benzene rings is 2. The molecule has 1 heterocycles. The molecule has 3 fully saturated rings. The molecule has 4 aliphatic carbocycles. The quantitative estimate of drug-likeness (QED) is 0.267. The Hall–Kier alpha value is -3.93. The zero-order chi connectivity index (χ0) is 31.1. The van der Waals surface area contributed by atoms with E-state index < -0.39 is 57.9 Å². The molecule has 0 spiro atoms. The lowest BCUT2D eigenvalue weighted by molar-refractivity contribution is -0.157. The van der Waals surface area contributed by atoms with Gasteiger partial charge >= 0.3 is 0 Å².